The molecule has 0 unspecified atom stereocenters. The summed E-state index contributed by atoms with van der Waals surface area (Å²) in [5, 5.41) is 7.82. The second-order valence-electron chi connectivity index (χ2n) is 6.81. The van der Waals surface area contributed by atoms with E-state index in [2.05, 4.69) is 15.8 Å². The van der Waals surface area contributed by atoms with Crippen molar-refractivity contribution in [3.63, 3.8) is 0 Å². The van der Waals surface area contributed by atoms with E-state index in [0.29, 0.717) is 33.7 Å². The molecule has 2 N–H and O–H groups in total. The minimum absolute atomic E-state index is 0.00365. The summed E-state index contributed by atoms with van der Waals surface area (Å²) in [4.78, 5) is 23.9. The smallest absolute Gasteiger partial charge is 0.240 e. The number of amides is 2. The average Bonchev–Trinajstić information content (AvgIpc) is 2.78. The highest BCUT2D eigenvalue weighted by Gasteiger charge is 2.08. The highest BCUT2D eigenvalue weighted by Crippen LogP contribution is 2.23. The predicted octanol–water partition coefficient (Wildman–Crippen LogP) is 5.44. The molecule has 0 atom stereocenters. The topological polar surface area (TPSA) is 79.8 Å². The first-order valence-electron chi connectivity index (χ1n) is 9.83. The molecular formula is C24H21Cl2N3O3. The maximum absolute atomic E-state index is 12.0. The summed E-state index contributed by atoms with van der Waals surface area (Å²) in [6, 6.07) is 21.5. The Morgan fingerprint density at radius 2 is 1.62 bits per heavy atom. The van der Waals surface area contributed by atoms with Crippen LogP contribution < -0.4 is 15.5 Å². The Kier molecular flexibility index (Phi) is 8.66. The lowest BCUT2D eigenvalue weighted by atomic mass is 10.2. The van der Waals surface area contributed by atoms with Crippen LogP contribution in [0, 0.1) is 0 Å². The molecule has 0 radical (unpaired) electrons. The Hall–Kier alpha value is -3.35. The molecule has 3 aromatic rings. The zero-order chi connectivity index (χ0) is 22.8. The van der Waals surface area contributed by atoms with Crippen molar-refractivity contribution >= 4 is 46.9 Å². The zero-order valence-corrected chi connectivity index (χ0v) is 18.6. The van der Waals surface area contributed by atoms with Gasteiger partial charge in [-0.2, -0.15) is 5.10 Å². The molecule has 0 aliphatic carbocycles. The van der Waals surface area contributed by atoms with Crippen LogP contribution in [-0.2, 0) is 16.2 Å². The lowest BCUT2D eigenvalue weighted by Crippen LogP contribution is -2.20. The van der Waals surface area contributed by atoms with Gasteiger partial charge in [-0.25, -0.2) is 5.43 Å². The molecule has 0 heterocycles. The Morgan fingerprint density at radius 3 is 2.41 bits per heavy atom. The van der Waals surface area contributed by atoms with Crippen LogP contribution in [0.1, 0.15) is 24.0 Å². The number of hydrogen-bond acceptors (Lipinski definition) is 4. The summed E-state index contributed by atoms with van der Waals surface area (Å²) in [6.45, 7) is 0.311. The summed E-state index contributed by atoms with van der Waals surface area (Å²) < 4.78 is 5.85. The molecule has 3 rings (SSSR count). The Bertz CT molecular complexity index is 1100. The molecule has 0 spiro atoms. The van der Waals surface area contributed by atoms with Crippen molar-refractivity contribution < 1.29 is 14.3 Å². The summed E-state index contributed by atoms with van der Waals surface area (Å²) >= 11 is 12.1. The highest BCUT2D eigenvalue weighted by molar-refractivity contribution is 6.31. The Balaban J connectivity index is 1.51. The monoisotopic (exact) mass is 469 g/mol. The van der Waals surface area contributed by atoms with Gasteiger partial charge in [0, 0.05) is 34.1 Å². The Morgan fingerprint density at radius 1 is 0.875 bits per heavy atom. The number of halogens is 2. The number of benzene rings is 3. The van der Waals surface area contributed by atoms with Gasteiger partial charge in [0.05, 0.1) is 6.21 Å². The van der Waals surface area contributed by atoms with E-state index < -0.39 is 0 Å². The van der Waals surface area contributed by atoms with Crippen LogP contribution in [0.3, 0.4) is 0 Å². The molecule has 2 amide bonds. The van der Waals surface area contributed by atoms with Gasteiger partial charge >= 0.3 is 0 Å². The number of nitrogens with zero attached hydrogens (tertiary/aromatic N) is 1. The van der Waals surface area contributed by atoms with E-state index >= 15 is 0 Å². The Labute approximate surface area is 196 Å². The predicted molar refractivity (Wildman–Crippen MR) is 127 cm³/mol. The van der Waals surface area contributed by atoms with Gasteiger partial charge in [-0.05, 0) is 48.0 Å². The molecule has 0 aromatic heterocycles. The minimum atomic E-state index is -0.382. The standard InChI is InChI=1S/C24H21Cl2N3O3/c25-19-6-4-5-17(13-19)16-32-22-10-9-20(26)14-18(22)15-27-29-24(31)12-11-23(30)28-21-7-2-1-3-8-21/h1-10,13-15H,11-12,16H2,(H,28,30)(H,29,31). The molecular weight excluding hydrogens is 449 g/mol. The second-order valence-corrected chi connectivity index (χ2v) is 7.68. The molecule has 164 valence electrons. The summed E-state index contributed by atoms with van der Waals surface area (Å²) in [5.41, 5.74) is 4.61. The van der Waals surface area contributed by atoms with Crippen molar-refractivity contribution in [2.75, 3.05) is 5.32 Å². The molecule has 0 saturated carbocycles. The van der Waals surface area contributed by atoms with Crippen LogP contribution in [0.15, 0.2) is 77.9 Å². The molecule has 0 bridgehead atoms. The number of hydrogen-bond donors (Lipinski definition) is 2. The van der Waals surface area contributed by atoms with E-state index in [0.717, 1.165) is 5.56 Å². The fourth-order valence-corrected chi connectivity index (χ4v) is 3.13. The first-order chi connectivity index (χ1) is 15.5. The number of rotatable bonds is 9. The molecule has 0 fully saturated rings. The highest BCUT2D eigenvalue weighted by atomic mass is 35.5. The van der Waals surface area contributed by atoms with Crippen LogP contribution in [0.2, 0.25) is 10.0 Å². The third kappa shape index (κ3) is 7.72. The number of anilines is 1. The number of para-hydroxylation sites is 1. The molecule has 0 saturated heterocycles. The van der Waals surface area contributed by atoms with Crippen LogP contribution in [0.5, 0.6) is 5.75 Å². The molecule has 6 nitrogen and oxygen atoms in total. The van der Waals surface area contributed by atoms with E-state index in [1.54, 1.807) is 36.4 Å². The van der Waals surface area contributed by atoms with Gasteiger partial charge in [-0.15, -0.1) is 0 Å². The lowest BCUT2D eigenvalue weighted by Gasteiger charge is -2.10. The van der Waals surface area contributed by atoms with Gasteiger partial charge in [0.25, 0.3) is 0 Å². The van der Waals surface area contributed by atoms with Crippen molar-refractivity contribution in [3.8, 4) is 5.75 Å². The van der Waals surface area contributed by atoms with Gasteiger partial charge in [-0.3, -0.25) is 9.59 Å². The third-order valence-electron chi connectivity index (χ3n) is 4.28. The second kappa shape index (κ2) is 11.9. The van der Waals surface area contributed by atoms with Crippen molar-refractivity contribution in [1.29, 1.82) is 0 Å². The first-order valence-corrected chi connectivity index (χ1v) is 10.6. The third-order valence-corrected chi connectivity index (χ3v) is 4.75. The zero-order valence-electron chi connectivity index (χ0n) is 17.1. The van der Waals surface area contributed by atoms with Crippen LogP contribution in [0.4, 0.5) is 5.69 Å². The van der Waals surface area contributed by atoms with E-state index in [1.807, 2.05) is 36.4 Å². The van der Waals surface area contributed by atoms with E-state index in [1.165, 1.54) is 6.21 Å². The van der Waals surface area contributed by atoms with Crippen LogP contribution >= 0.6 is 23.2 Å². The normalized spacial score (nSPS) is 10.7. The minimum Gasteiger partial charge on any atom is -0.488 e. The van der Waals surface area contributed by atoms with E-state index in [-0.39, 0.29) is 24.7 Å². The molecule has 3 aromatic carbocycles. The van der Waals surface area contributed by atoms with E-state index in [9.17, 15) is 9.59 Å². The maximum atomic E-state index is 12.0. The van der Waals surface area contributed by atoms with E-state index in [4.69, 9.17) is 27.9 Å². The van der Waals surface area contributed by atoms with Gasteiger partial charge in [0.1, 0.15) is 12.4 Å². The number of hydrazone groups is 1. The quantitative estimate of drug-likeness (QED) is 0.323. The van der Waals surface area contributed by atoms with Crippen LogP contribution in [0.25, 0.3) is 0 Å². The fraction of sp³-hybridized carbons (Fsp3) is 0.125. The lowest BCUT2D eigenvalue weighted by molar-refractivity contribution is -0.124. The molecule has 0 aliphatic rings. The largest absolute Gasteiger partial charge is 0.488 e. The van der Waals surface area contributed by atoms with Gasteiger partial charge in [0.15, 0.2) is 0 Å². The number of nitrogens with one attached hydrogen (secondary N) is 2. The average molecular weight is 470 g/mol. The fourth-order valence-electron chi connectivity index (χ4n) is 2.74. The summed E-state index contributed by atoms with van der Waals surface area (Å²) in [5.74, 6) is -0.0793. The molecule has 32 heavy (non-hydrogen) atoms. The van der Waals surface area contributed by atoms with Crippen molar-refractivity contribution in [2.24, 2.45) is 5.10 Å². The maximum Gasteiger partial charge on any atom is 0.240 e. The van der Waals surface area contributed by atoms with Gasteiger partial charge < -0.3 is 10.1 Å². The van der Waals surface area contributed by atoms with Gasteiger partial charge in [0.2, 0.25) is 11.8 Å². The SMILES string of the molecule is O=C(CCC(=O)Nc1ccccc1)NN=Cc1cc(Cl)ccc1OCc1cccc(Cl)c1. The van der Waals surface area contributed by atoms with Crippen molar-refractivity contribution in [3.05, 3.63) is 94.0 Å². The van der Waals surface area contributed by atoms with Crippen molar-refractivity contribution in [1.82, 2.24) is 5.43 Å². The first kappa shape index (κ1) is 23.3. The number of carbonyl (C=O) groups excluding carboxylic acids is 2. The molecule has 8 heteroatoms. The summed E-state index contributed by atoms with van der Waals surface area (Å²) in [7, 11) is 0. The van der Waals surface area contributed by atoms with Gasteiger partial charge in [-0.1, -0.05) is 53.5 Å². The van der Waals surface area contributed by atoms with Crippen molar-refractivity contribution in [2.45, 2.75) is 19.4 Å². The number of ether oxygens (including phenoxy) is 1. The summed E-state index contributed by atoms with van der Waals surface area (Å²) in [6.07, 6.45) is 1.49. The molecule has 0 aliphatic heterocycles. The van der Waals surface area contributed by atoms with Crippen LogP contribution in [-0.4, -0.2) is 18.0 Å². The number of carbonyl (C=O) groups is 2.